The second kappa shape index (κ2) is 5.44. The van der Waals surface area contributed by atoms with Crippen LogP contribution in [0.15, 0.2) is 30.3 Å². The Morgan fingerprint density at radius 1 is 1.18 bits per heavy atom. The highest BCUT2D eigenvalue weighted by atomic mass is 79.9. The monoisotopic (exact) mass is 303 g/mol. The Morgan fingerprint density at radius 3 is 2.35 bits per heavy atom. The number of nitrogens with zero attached hydrogens (tertiary/aromatic N) is 1. The van der Waals surface area contributed by atoms with E-state index in [0.29, 0.717) is 4.83 Å². The van der Waals surface area contributed by atoms with Crippen LogP contribution in [0, 0.1) is 0 Å². The van der Waals surface area contributed by atoms with Crippen LogP contribution in [-0.4, -0.2) is 29.4 Å². The van der Waals surface area contributed by atoms with Gasteiger partial charge in [-0.3, -0.25) is 4.90 Å². The van der Waals surface area contributed by atoms with E-state index in [4.69, 9.17) is 0 Å². The van der Waals surface area contributed by atoms with Gasteiger partial charge >= 0.3 is 0 Å². The molecule has 0 aliphatic carbocycles. The number of piperidine rings is 1. The quantitative estimate of drug-likeness (QED) is 0.771. The molecule has 0 aromatic heterocycles. The molecule has 0 radical (unpaired) electrons. The van der Waals surface area contributed by atoms with Crippen LogP contribution in [0.3, 0.4) is 0 Å². The van der Waals surface area contributed by atoms with Crippen molar-refractivity contribution in [3.63, 3.8) is 0 Å². The Morgan fingerprint density at radius 2 is 1.76 bits per heavy atom. The molecule has 4 heteroatoms. The van der Waals surface area contributed by atoms with Gasteiger partial charge in [0.05, 0.1) is 6.54 Å². The fraction of sp³-hybridized carbons (Fsp3) is 0.538. The fourth-order valence-corrected chi connectivity index (χ4v) is 2.52. The molecule has 1 saturated heterocycles. The summed E-state index contributed by atoms with van der Waals surface area (Å²) in [5.41, 5.74) is 0.112. The predicted octanol–water partition coefficient (Wildman–Crippen LogP) is 3.64. The van der Waals surface area contributed by atoms with Gasteiger partial charge in [-0.2, -0.15) is 8.78 Å². The molecule has 2 rings (SSSR count). The minimum atomic E-state index is -2.75. The first-order valence-electron chi connectivity index (χ1n) is 5.88. The molecule has 1 fully saturated rings. The van der Waals surface area contributed by atoms with Gasteiger partial charge in [-0.15, -0.1) is 0 Å². The number of hydrogen-bond acceptors (Lipinski definition) is 1. The van der Waals surface area contributed by atoms with Gasteiger partial charge in [0.15, 0.2) is 0 Å². The number of halogens is 3. The van der Waals surface area contributed by atoms with Crippen molar-refractivity contribution in [1.29, 1.82) is 0 Å². The number of benzene rings is 1. The second-order valence-corrected chi connectivity index (χ2v) is 5.82. The average molecular weight is 304 g/mol. The Hall–Kier alpha value is -0.480. The highest BCUT2D eigenvalue weighted by molar-refractivity contribution is 9.09. The molecule has 0 amide bonds. The lowest BCUT2D eigenvalue weighted by Gasteiger charge is -2.32. The highest BCUT2D eigenvalue weighted by Crippen LogP contribution is 2.30. The molecule has 17 heavy (non-hydrogen) atoms. The van der Waals surface area contributed by atoms with Crippen molar-refractivity contribution >= 4 is 15.9 Å². The molecule has 0 N–H and O–H groups in total. The first-order valence-corrected chi connectivity index (χ1v) is 6.79. The molecular weight excluding hydrogens is 288 g/mol. The van der Waals surface area contributed by atoms with Gasteiger partial charge in [-0.05, 0) is 25.9 Å². The SMILES string of the molecule is FC(F)(CN1CCC(Br)CC1)c1ccccc1. The van der Waals surface area contributed by atoms with E-state index < -0.39 is 5.92 Å². The van der Waals surface area contributed by atoms with Crippen LogP contribution < -0.4 is 0 Å². The molecule has 0 saturated carbocycles. The number of alkyl halides is 3. The van der Waals surface area contributed by atoms with Gasteiger partial charge < -0.3 is 0 Å². The standard InChI is InChI=1S/C13H16BrF2N/c14-12-6-8-17(9-7-12)10-13(15,16)11-4-2-1-3-5-11/h1-5,12H,6-10H2. The van der Waals surface area contributed by atoms with Crippen LogP contribution in [-0.2, 0) is 5.92 Å². The molecule has 1 aromatic carbocycles. The van der Waals surface area contributed by atoms with Gasteiger partial charge in [0.2, 0.25) is 0 Å². The summed E-state index contributed by atoms with van der Waals surface area (Å²) in [5, 5.41) is 0. The van der Waals surface area contributed by atoms with Crippen LogP contribution in [0.4, 0.5) is 8.78 Å². The smallest absolute Gasteiger partial charge is 0.285 e. The van der Waals surface area contributed by atoms with Crippen molar-refractivity contribution in [3.8, 4) is 0 Å². The maximum atomic E-state index is 14.0. The lowest BCUT2D eigenvalue weighted by Crippen LogP contribution is -2.40. The molecule has 1 heterocycles. The van der Waals surface area contributed by atoms with Crippen LogP contribution in [0.2, 0.25) is 0 Å². The van der Waals surface area contributed by atoms with Crippen LogP contribution in [0.5, 0.6) is 0 Å². The van der Waals surface area contributed by atoms with E-state index in [1.54, 1.807) is 18.2 Å². The van der Waals surface area contributed by atoms with Gasteiger partial charge in [0.1, 0.15) is 0 Å². The van der Waals surface area contributed by atoms with Crippen LogP contribution in [0.25, 0.3) is 0 Å². The van der Waals surface area contributed by atoms with Crippen molar-refractivity contribution in [2.24, 2.45) is 0 Å². The fourth-order valence-electron chi connectivity index (χ4n) is 2.11. The zero-order chi connectivity index (χ0) is 12.3. The van der Waals surface area contributed by atoms with E-state index in [0.717, 1.165) is 25.9 Å². The Balaban J connectivity index is 1.98. The van der Waals surface area contributed by atoms with E-state index in [-0.39, 0.29) is 12.1 Å². The van der Waals surface area contributed by atoms with Gasteiger partial charge in [0, 0.05) is 10.4 Å². The molecule has 0 bridgehead atoms. The average Bonchev–Trinajstić information content (AvgIpc) is 2.33. The van der Waals surface area contributed by atoms with Gasteiger partial charge in [-0.1, -0.05) is 46.3 Å². The summed E-state index contributed by atoms with van der Waals surface area (Å²) in [4.78, 5) is 2.34. The van der Waals surface area contributed by atoms with E-state index in [9.17, 15) is 8.78 Å². The number of rotatable bonds is 3. The van der Waals surface area contributed by atoms with Crippen LogP contribution in [0.1, 0.15) is 18.4 Å². The van der Waals surface area contributed by atoms with Gasteiger partial charge in [-0.25, -0.2) is 0 Å². The summed E-state index contributed by atoms with van der Waals surface area (Å²) in [6, 6.07) is 8.08. The molecular formula is C13H16BrF2N. The largest absolute Gasteiger partial charge is 0.297 e. The van der Waals surface area contributed by atoms with E-state index in [1.807, 2.05) is 4.90 Å². The first kappa shape index (κ1) is 13.0. The summed E-state index contributed by atoms with van der Waals surface area (Å²) in [7, 11) is 0. The summed E-state index contributed by atoms with van der Waals surface area (Å²) >= 11 is 3.53. The van der Waals surface area contributed by atoms with E-state index >= 15 is 0 Å². The van der Waals surface area contributed by atoms with Crippen molar-refractivity contribution < 1.29 is 8.78 Å². The lowest BCUT2D eigenvalue weighted by molar-refractivity contribution is -0.0411. The topological polar surface area (TPSA) is 3.24 Å². The maximum Gasteiger partial charge on any atom is 0.285 e. The number of likely N-dealkylation sites (tertiary alicyclic amines) is 1. The maximum absolute atomic E-state index is 14.0. The Kier molecular flexibility index (Phi) is 4.15. The minimum Gasteiger partial charge on any atom is -0.297 e. The molecule has 1 aliphatic rings. The van der Waals surface area contributed by atoms with Gasteiger partial charge in [0.25, 0.3) is 5.92 Å². The predicted molar refractivity (Wildman–Crippen MR) is 68.7 cm³/mol. The Bertz CT molecular complexity index is 348. The summed E-state index contributed by atoms with van der Waals surface area (Å²) in [6.45, 7) is 1.33. The van der Waals surface area contributed by atoms with E-state index in [1.165, 1.54) is 12.1 Å². The van der Waals surface area contributed by atoms with Crippen molar-refractivity contribution in [2.45, 2.75) is 23.6 Å². The third-order valence-corrected chi connectivity index (χ3v) is 4.05. The van der Waals surface area contributed by atoms with Crippen molar-refractivity contribution in [3.05, 3.63) is 35.9 Å². The number of hydrogen-bond donors (Lipinski definition) is 0. The van der Waals surface area contributed by atoms with Crippen molar-refractivity contribution in [1.82, 2.24) is 4.90 Å². The molecule has 0 unspecified atom stereocenters. The third-order valence-electron chi connectivity index (χ3n) is 3.14. The van der Waals surface area contributed by atoms with E-state index in [2.05, 4.69) is 15.9 Å². The van der Waals surface area contributed by atoms with Crippen LogP contribution >= 0.6 is 15.9 Å². The Labute approximate surface area is 109 Å². The lowest BCUT2D eigenvalue weighted by atomic mass is 10.1. The zero-order valence-electron chi connectivity index (χ0n) is 9.58. The third kappa shape index (κ3) is 3.49. The summed E-state index contributed by atoms with van der Waals surface area (Å²) in [5.74, 6) is -2.75. The molecule has 1 nitrogen and oxygen atoms in total. The molecule has 0 atom stereocenters. The normalized spacial score (nSPS) is 19.5. The summed E-state index contributed by atoms with van der Waals surface area (Å²) < 4.78 is 28.0. The highest BCUT2D eigenvalue weighted by Gasteiger charge is 2.34. The molecule has 1 aromatic rings. The second-order valence-electron chi connectivity index (χ2n) is 4.52. The zero-order valence-corrected chi connectivity index (χ0v) is 11.2. The minimum absolute atomic E-state index is 0.112. The molecule has 94 valence electrons. The van der Waals surface area contributed by atoms with Crippen molar-refractivity contribution in [2.75, 3.05) is 19.6 Å². The first-order chi connectivity index (χ1) is 8.08. The summed E-state index contributed by atoms with van der Waals surface area (Å²) in [6.07, 6.45) is 1.90. The molecule has 0 spiro atoms. The molecule has 1 aliphatic heterocycles.